The van der Waals surface area contributed by atoms with Gasteiger partial charge in [0.1, 0.15) is 0 Å². The first kappa shape index (κ1) is 11.4. The van der Waals surface area contributed by atoms with Gasteiger partial charge in [-0.25, -0.2) is 0 Å². The molecule has 1 heterocycles. The third kappa shape index (κ3) is 1.24. The van der Waals surface area contributed by atoms with Gasteiger partial charge in [0.15, 0.2) is 0 Å². The summed E-state index contributed by atoms with van der Waals surface area (Å²) in [7, 11) is 0. The van der Waals surface area contributed by atoms with Crippen LogP contribution >= 0.6 is 11.8 Å². The Morgan fingerprint density at radius 3 is 2.44 bits per heavy atom. The minimum Gasteiger partial charge on any atom is -0.158 e. The van der Waals surface area contributed by atoms with Crippen molar-refractivity contribution in [3.05, 3.63) is 0 Å². The van der Waals surface area contributed by atoms with Crippen LogP contribution in [0.2, 0.25) is 0 Å². The van der Waals surface area contributed by atoms with E-state index in [1.807, 2.05) is 0 Å². The van der Waals surface area contributed by atoms with Crippen LogP contribution in [0.15, 0.2) is 0 Å². The molecule has 4 unspecified atom stereocenters. The lowest BCUT2D eigenvalue weighted by Crippen LogP contribution is -2.66. The molecule has 3 saturated carbocycles. The fraction of sp³-hybridized carbons (Fsp3) is 1.00. The van der Waals surface area contributed by atoms with E-state index in [0.717, 1.165) is 17.1 Å². The Labute approximate surface area is 105 Å². The smallest absolute Gasteiger partial charge is 0.0111 e. The molecule has 1 saturated heterocycles. The maximum atomic E-state index is 2.58. The van der Waals surface area contributed by atoms with Crippen LogP contribution in [0.3, 0.4) is 0 Å². The van der Waals surface area contributed by atoms with Crippen LogP contribution in [-0.2, 0) is 0 Å². The van der Waals surface area contributed by atoms with Gasteiger partial charge in [0.2, 0.25) is 0 Å². The molecule has 1 heteroatoms. The fourth-order valence-corrected chi connectivity index (χ4v) is 7.11. The third-order valence-electron chi connectivity index (χ3n) is 6.39. The first-order valence-electron chi connectivity index (χ1n) is 7.20. The van der Waals surface area contributed by atoms with Crippen molar-refractivity contribution in [2.75, 3.05) is 5.75 Å². The number of rotatable bonds is 1. The molecular formula is C15H26S. The monoisotopic (exact) mass is 238 g/mol. The third-order valence-corrected chi connectivity index (χ3v) is 7.97. The van der Waals surface area contributed by atoms with Gasteiger partial charge in [0.25, 0.3) is 0 Å². The van der Waals surface area contributed by atoms with Crippen molar-refractivity contribution in [1.29, 1.82) is 0 Å². The zero-order valence-corrected chi connectivity index (χ0v) is 11.9. The molecule has 1 aliphatic heterocycles. The normalized spacial score (nSPS) is 50.8. The highest BCUT2D eigenvalue weighted by Gasteiger charge is 2.66. The summed E-state index contributed by atoms with van der Waals surface area (Å²) in [6.07, 6.45) is 9.03. The molecule has 0 aromatic carbocycles. The summed E-state index contributed by atoms with van der Waals surface area (Å²) in [6, 6.07) is 0. The van der Waals surface area contributed by atoms with Crippen molar-refractivity contribution in [2.24, 2.45) is 22.7 Å². The highest BCUT2D eigenvalue weighted by Crippen LogP contribution is 2.73. The Morgan fingerprint density at radius 1 is 1.06 bits per heavy atom. The van der Waals surface area contributed by atoms with Gasteiger partial charge in [-0.15, -0.1) is 0 Å². The van der Waals surface area contributed by atoms with Crippen molar-refractivity contribution in [3.8, 4) is 0 Å². The van der Waals surface area contributed by atoms with Gasteiger partial charge in [-0.1, -0.05) is 27.2 Å². The fourth-order valence-electron chi connectivity index (χ4n) is 5.19. The lowest BCUT2D eigenvalue weighted by molar-refractivity contribution is -0.195. The van der Waals surface area contributed by atoms with Gasteiger partial charge in [-0.2, -0.15) is 11.8 Å². The van der Waals surface area contributed by atoms with Crippen molar-refractivity contribution >= 4 is 11.8 Å². The highest BCUT2D eigenvalue weighted by atomic mass is 32.2. The molecule has 4 rings (SSSR count). The van der Waals surface area contributed by atoms with Crippen molar-refractivity contribution in [1.82, 2.24) is 0 Å². The number of hydrogen-bond acceptors (Lipinski definition) is 1. The number of thioether (sulfide) groups is 1. The summed E-state index contributed by atoms with van der Waals surface area (Å²) in [5.41, 5.74) is 1.35. The molecule has 0 nitrogen and oxygen atoms in total. The quantitative estimate of drug-likeness (QED) is 0.636. The van der Waals surface area contributed by atoms with Crippen LogP contribution in [0.25, 0.3) is 0 Å². The van der Waals surface area contributed by atoms with Crippen molar-refractivity contribution < 1.29 is 0 Å². The summed E-state index contributed by atoms with van der Waals surface area (Å²) in [5.74, 6) is 3.45. The SMILES string of the molecule is CC1CCC2CC1(C1CCCCS1)C2(C)C. The second-order valence-electron chi connectivity index (χ2n) is 7.00. The average molecular weight is 238 g/mol. The first-order valence-corrected chi connectivity index (χ1v) is 8.25. The van der Waals surface area contributed by atoms with E-state index in [1.54, 1.807) is 6.42 Å². The van der Waals surface area contributed by atoms with Crippen molar-refractivity contribution in [2.45, 2.75) is 64.5 Å². The highest BCUT2D eigenvalue weighted by molar-refractivity contribution is 8.00. The van der Waals surface area contributed by atoms with Crippen LogP contribution < -0.4 is 0 Å². The van der Waals surface area contributed by atoms with E-state index >= 15 is 0 Å². The van der Waals surface area contributed by atoms with Gasteiger partial charge in [-0.3, -0.25) is 0 Å². The topological polar surface area (TPSA) is 0 Å². The molecule has 92 valence electrons. The van der Waals surface area contributed by atoms with E-state index in [0.29, 0.717) is 10.8 Å². The molecule has 0 spiro atoms. The average Bonchev–Trinajstić information content (AvgIpc) is 2.29. The maximum absolute atomic E-state index is 2.58. The molecule has 3 aliphatic carbocycles. The molecule has 0 radical (unpaired) electrons. The minimum absolute atomic E-state index is 0.639. The standard InChI is InChI=1S/C15H26S/c1-11-7-8-12-10-15(11,14(12,2)3)13-6-4-5-9-16-13/h11-13H,4-10H2,1-3H3. The molecule has 0 N–H and O–H groups in total. The molecule has 16 heavy (non-hydrogen) atoms. The van der Waals surface area contributed by atoms with Crippen molar-refractivity contribution in [3.63, 3.8) is 0 Å². The molecule has 0 amide bonds. The Kier molecular flexibility index (Phi) is 2.62. The van der Waals surface area contributed by atoms with E-state index in [1.165, 1.54) is 37.9 Å². The molecule has 4 atom stereocenters. The summed E-state index contributed by atoms with van der Waals surface area (Å²) >= 11 is 2.31. The Bertz CT molecular complexity index is 277. The van der Waals surface area contributed by atoms with Gasteiger partial charge in [-0.05, 0) is 60.5 Å². The van der Waals surface area contributed by atoms with E-state index in [9.17, 15) is 0 Å². The minimum atomic E-state index is 0.639. The zero-order chi connectivity index (χ0) is 11.4. The van der Waals surface area contributed by atoms with Crippen LogP contribution in [0.5, 0.6) is 0 Å². The summed E-state index contributed by atoms with van der Waals surface area (Å²) in [4.78, 5) is 0. The molecule has 0 aromatic heterocycles. The largest absolute Gasteiger partial charge is 0.158 e. The Balaban J connectivity index is 1.89. The first-order chi connectivity index (χ1) is 7.59. The van der Waals surface area contributed by atoms with Crippen LogP contribution in [0.1, 0.15) is 59.3 Å². The van der Waals surface area contributed by atoms with Gasteiger partial charge in [0.05, 0.1) is 0 Å². The lowest BCUT2D eigenvalue weighted by Gasteiger charge is -2.71. The van der Waals surface area contributed by atoms with Crippen LogP contribution in [-0.4, -0.2) is 11.0 Å². The van der Waals surface area contributed by atoms with Gasteiger partial charge >= 0.3 is 0 Å². The molecular weight excluding hydrogens is 212 g/mol. The Morgan fingerprint density at radius 2 is 1.88 bits per heavy atom. The number of hydrogen-bond donors (Lipinski definition) is 0. The molecule has 2 bridgehead atoms. The second-order valence-corrected chi connectivity index (χ2v) is 8.31. The predicted molar refractivity (Wildman–Crippen MR) is 72.8 cm³/mol. The maximum Gasteiger partial charge on any atom is 0.0111 e. The van der Waals surface area contributed by atoms with Gasteiger partial charge < -0.3 is 0 Å². The summed E-state index contributed by atoms with van der Waals surface area (Å²) in [5, 5.41) is 0.989. The molecule has 4 aliphatic rings. The van der Waals surface area contributed by atoms with E-state index in [2.05, 4.69) is 32.5 Å². The zero-order valence-electron chi connectivity index (χ0n) is 11.1. The van der Waals surface area contributed by atoms with Crippen LogP contribution in [0.4, 0.5) is 0 Å². The van der Waals surface area contributed by atoms with E-state index in [-0.39, 0.29) is 0 Å². The molecule has 0 aromatic rings. The Hall–Kier alpha value is 0.350. The second kappa shape index (κ2) is 3.67. The summed E-state index contributed by atoms with van der Waals surface area (Å²) < 4.78 is 0. The lowest BCUT2D eigenvalue weighted by atomic mass is 9.35. The van der Waals surface area contributed by atoms with Crippen LogP contribution in [0, 0.1) is 22.7 Å². The van der Waals surface area contributed by atoms with E-state index in [4.69, 9.17) is 0 Å². The predicted octanol–water partition coefficient (Wildman–Crippen LogP) is 4.73. The molecule has 4 fully saturated rings. The van der Waals surface area contributed by atoms with Gasteiger partial charge in [0, 0.05) is 5.25 Å². The van der Waals surface area contributed by atoms with E-state index < -0.39 is 0 Å². The summed E-state index contributed by atoms with van der Waals surface area (Å²) in [6.45, 7) is 7.70. The number of fused-ring (bicyclic) bond motifs is 2.